The summed E-state index contributed by atoms with van der Waals surface area (Å²) in [6.45, 7) is 2.57. The Morgan fingerprint density at radius 1 is 0.963 bits per heavy atom. The highest BCUT2D eigenvalue weighted by atomic mass is 16.2. The summed E-state index contributed by atoms with van der Waals surface area (Å²) in [6, 6.07) is 16.0. The molecule has 0 bridgehead atoms. The zero-order valence-electron chi connectivity index (χ0n) is 15.6. The molecule has 5 nitrogen and oxygen atoms in total. The quantitative estimate of drug-likeness (QED) is 0.812. The molecule has 27 heavy (non-hydrogen) atoms. The van der Waals surface area contributed by atoms with Crippen molar-refractivity contribution in [3.63, 3.8) is 0 Å². The number of nitrogens with zero attached hydrogens (tertiary/aromatic N) is 1. The highest BCUT2D eigenvalue weighted by Crippen LogP contribution is 2.29. The number of benzene rings is 2. The molecule has 3 amide bonds. The van der Waals surface area contributed by atoms with E-state index in [1.54, 1.807) is 0 Å². The first-order valence-electron chi connectivity index (χ1n) is 9.62. The van der Waals surface area contributed by atoms with Crippen molar-refractivity contribution in [1.82, 2.24) is 10.2 Å². The zero-order chi connectivity index (χ0) is 18.8. The van der Waals surface area contributed by atoms with Gasteiger partial charge in [-0.1, -0.05) is 29.8 Å². The van der Waals surface area contributed by atoms with Gasteiger partial charge in [0.15, 0.2) is 0 Å². The van der Waals surface area contributed by atoms with Gasteiger partial charge in [-0.25, -0.2) is 4.79 Å². The Kier molecular flexibility index (Phi) is 4.84. The Hall–Kier alpha value is -2.82. The van der Waals surface area contributed by atoms with Gasteiger partial charge in [0, 0.05) is 29.9 Å². The molecule has 140 valence electrons. The molecule has 2 aliphatic carbocycles. The van der Waals surface area contributed by atoms with Crippen LogP contribution < -0.4 is 10.6 Å². The standard InChI is InChI=1S/C22H25N3O2/c1-15-2-8-19(9-3-15)24-22(27)25(20-12-13-20)14-16-4-6-17(7-5-16)21(26)23-18-10-11-18/h2-9,18,20H,10-14H2,1H3,(H,23,26)(H,24,27). The summed E-state index contributed by atoms with van der Waals surface area (Å²) in [4.78, 5) is 26.7. The van der Waals surface area contributed by atoms with E-state index in [1.807, 2.05) is 60.4 Å². The fourth-order valence-electron chi connectivity index (χ4n) is 3.04. The van der Waals surface area contributed by atoms with Crippen molar-refractivity contribution in [2.45, 2.75) is 51.2 Å². The molecule has 2 aliphatic rings. The van der Waals surface area contributed by atoms with Crippen molar-refractivity contribution >= 4 is 17.6 Å². The number of carbonyl (C=O) groups is 2. The second-order valence-corrected chi connectivity index (χ2v) is 7.60. The van der Waals surface area contributed by atoms with Gasteiger partial charge in [-0.15, -0.1) is 0 Å². The second kappa shape index (κ2) is 7.43. The van der Waals surface area contributed by atoms with Crippen LogP contribution in [0.4, 0.5) is 10.5 Å². The van der Waals surface area contributed by atoms with Crippen LogP contribution in [0.2, 0.25) is 0 Å². The van der Waals surface area contributed by atoms with Crippen LogP contribution in [-0.2, 0) is 6.54 Å². The van der Waals surface area contributed by atoms with Crippen molar-refractivity contribution in [2.75, 3.05) is 5.32 Å². The molecular formula is C22H25N3O2. The lowest BCUT2D eigenvalue weighted by Gasteiger charge is -2.23. The largest absolute Gasteiger partial charge is 0.349 e. The molecule has 0 spiro atoms. The van der Waals surface area contributed by atoms with Crippen LogP contribution in [0.1, 0.15) is 47.2 Å². The van der Waals surface area contributed by atoms with Crippen LogP contribution in [0.15, 0.2) is 48.5 Å². The number of rotatable bonds is 6. The topological polar surface area (TPSA) is 61.4 Å². The molecule has 0 aliphatic heterocycles. The van der Waals surface area contributed by atoms with Gasteiger partial charge in [0.25, 0.3) is 5.91 Å². The predicted molar refractivity (Wildman–Crippen MR) is 106 cm³/mol. The highest BCUT2D eigenvalue weighted by Gasteiger charge is 2.32. The van der Waals surface area contributed by atoms with Gasteiger partial charge in [-0.3, -0.25) is 4.79 Å². The van der Waals surface area contributed by atoms with E-state index in [-0.39, 0.29) is 11.9 Å². The average Bonchev–Trinajstić information content (AvgIpc) is 3.57. The number of urea groups is 1. The summed E-state index contributed by atoms with van der Waals surface area (Å²) >= 11 is 0. The smallest absolute Gasteiger partial charge is 0.322 e. The van der Waals surface area contributed by atoms with Gasteiger partial charge >= 0.3 is 6.03 Å². The van der Waals surface area contributed by atoms with Gasteiger partial charge in [0.05, 0.1) is 0 Å². The number of amides is 3. The Bertz CT molecular complexity index is 822. The summed E-state index contributed by atoms with van der Waals surface area (Å²) in [6.07, 6.45) is 4.25. The van der Waals surface area contributed by atoms with E-state index in [1.165, 1.54) is 0 Å². The fraction of sp³-hybridized carbons (Fsp3) is 0.364. The molecule has 0 heterocycles. The maximum Gasteiger partial charge on any atom is 0.322 e. The average molecular weight is 363 g/mol. The Balaban J connectivity index is 1.39. The maximum absolute atomic E-state index is 12.7. The fourth-order valence-corrected chi connectivity index (χ4v) is 3.04. The van der Waals surface area contributed by atoms with Crippen LogP contribution in [0.3, 0.4) is 0 Å². The first-order chi connectivity index (χ1) is 13.1. The first kappa shape index (κ1) is 17.6. The summed E-state index contributed by atoms with van der Waals surface area (Å²) in [5.74, 6) is -0.0137. The van der Waals surface area contributed by atoms with E-state index in [0.29, 0.717) is 24.2 Å². The third-order valence-corrected chi connectivity index (χ3v) is 5.03. The Morgan fingerprint density at radius 2 is 1.63 bits per heavy atom. The second-order valence-electron chi connectivity index (χ2n) is 7.60. The molecule has 0 atom stereocenters. The molecule has 2 fully saturated rings. The third-order valence-electron chi connectivity index (χ3n) is 5.03. The minimum Gasteiger partial charge on any atom is -0.349 e. The monoisotopic (exact) mass is 363 g/mol. The number of carbonyl (C=O) groups excluding carboxylic acids is 2. The normalized spacial score (nSPS) is 15.9. The van der Waals surface area contributed by atoms with Crippen molar-refractivity contribution in [3.8, 4) is 0 Å². The molecular weight excluding hydrogens is 338 g/mol. The molecule has 2 saturated carbocycles. The van der Waals surface area contributed by atoms with E-state index in [0.717, 1.165) is 42.5 Å². The minimum atomic E-state index is -0.0723. The summed E-state index contributed by atoms with van der Waals surface area (Å²) in [7, 11) is 0. The van der Waals surface area contributed by atoms with Crippen LogP contribution in [0.5, 0.6) is 0 Å². The van der Waals surface area contributed by atoms with Crippen LogP contribution in [-0.4, -0.2) is 28.9 Å². The van der Waals surface area contributed by atoms with Crippen LogP contribution in [0, 0.1) is 6.92 Å². The Labute approximate surface area is 159 Å². The number of hydrogen-bond donors (Lipinski definition) is 2. The lowest BCUT2D eigenvalue weighted by Crippen LogP contribution is -2.36. The first-order valence-corrected chi connectivity index (χ1v) is 9.62. The van der Waals surface area contributed by atoms with Crippen molar-refractivity contribution in [1.29, 1.82) is 0 Å². The lowest BCUT2D eigenvalue weighted by molar-refractivity contribution is 0.0951. The molecule has 5 heteroatoms. The van der Waals surface area contributed by atoms with Gasteiger partial charge in [-0.2, -0.15) is 0 Å². The summed E-state index contributed by atoms with van der Waals surface area (Å²) in [5.41, 5.74) is 3.68. The number of aryl methyl sites for hydroxylation is 1. The number of nitrogens with one attached hydrogen (secondary N) is 2. The molecule has 0 radical (unpaired) electrons. The van der Waals surface area contributed by atoms with Crippen molar-refractivity contribution in [3.05, 3.63) is 65.2 Å². The molecule has 2 aromatic carbocycles. The third kappa shape index (κ3) is 4.67. The van der Waals surface area contributed by atoms with Crippen LogP contribution >= 0.6 is 0 Å². The van der Waals surface area contributed by atoms with Gasteiger partial charge in [-0.05, 0) is 62.4 Å². The SMILES string of the molecule is Cc1ccc(NC(=O)N(Cc2ccc(C(=O)NC3CC3)cc2)C2CC2)cc1. The van der Waals surface area contributed by atoms with Gasteiger partial charge in [0.2, 0.25) is 0 Å². The van der Waals surface area contributed by atoms with E-state index in [2.05, 4.69) is 10.6 Å². The maximum atomic E-state index is 12.7. The van der Waals surface area contributed by atoms with E-state index in [4.69, 9.17) is 0 Å². The minimum absolute atomic E-state index is 0.0137. The van der Waals surface area contributed by atoms with E-state index >= 15 is 0 Å². The molecule has 0 aromatic heterocycles. The molecule has 2 aromatic rings. The highest BCUT2D eigenvalue weighted by molar-refractivity contribution is 5.94. The summed E-state index contributed by atoms with van der Waals surface area (Å²) in [5, 5.41) is 5.99. The molecule has 0 unspecified atom stereocenters. The molecule has 4 rings (SSSR count). The lowest BCUT2D eigenvalue weighted by atomic mass is 10.1. The van der Waals surface area contributed by atoms with Gasteiger partial charge in [0.1, 0.15) is 0 Å². The summed E-state index contributed by atoms with van der Waals surface area (Å²) < 4.78 is 0. The zero-order valence-corrected chi connectivity index (χ0v) is 15.6. The van der Waals surface area contributed by atoms with Crippen LogP contribution in [0.25, 0.3) is 0 Å². The Morgan fingerprint density at radius 3 is 2.22 bits per heavy atom. The number of anilines is 1. The number of hydrogen-bond acceptors (Lipinski definition) is 2. The van der Waals surface area contributed by atoms with E-state index < -0.39 is 0 Å². The van der Waals surface area contributed by atoms with E-state index in [9.17, 15) is 9.59 Å². The molecule has 0 saturated heterocycles. The van der Waals surface area contributed by atoms with Crippen molar-refractivity contribution in [2.24, 2.45) is 0 Å². The molecule has 2 N–H and O–H groups in total. The predicted octanol–water partition coefficient (Wildman–Crippen LogP) is 4.08. The van der Waals surface area contributed by atoms with Crippen molar-refractivity contribution < 1.29 is 9.59 Å². The van der Waals surface area contributed by atoms with Gasteiger partial charge < -0.3 is 15.5 Å².